The standard InChI is InChI=1S/C24H30N4O4/c1-17(18-7-3-2-4-8-18)22(29)26-21-20(28-12-6-5-9-19(28)25-21)23(30)27-13-10-24(11-14-27)31-15-16-32-24/h2-4,7-8,17H,5-6,9-16H2,1H3,(H,26,29). The molecule has 2 saturated heterocycles. The van der Waals surface area contributed by atoms with E-state index in [0.29, 0.717) is 50.7 Å². The van der Waals surface area contributed by atoms with Crippen LogP contribution in [0, 0.1) is 0 Å². The van der Waals surface area contributed by atoms with Gasteiger partial charge < -0.3 is 24.3 Å². The number of carbonyl (C=O) groups excluding carboxylic acids is 2. The van der Waals surface area contributed by atoms with E-state index in [1.54, 1.807) is 0 Å². The van der Waals surface area contributed by atoms with Crippen molar-refractivity contribution in [3.05, 3.63) is 47.4 Å². The molecule has 1 unspecified atom stereocenters. The summed E-state index contributed by atoms with van der Waals surface area (Å²) in [5.41, 5.74) is 1.43. The van der Waals surface area contributed by atoms with Gasteiger partial charge in [0.2, 0.25) is 5.91 Å². The highest BCUT2D eigenvalue weighted by Gasteiger charge is 2.42. The van der Waals surface area contributed by atoms with Crippen molar-refractivity contribution in [3.63, 3.8) is 0 Å². The summed E-state index contributed by atoms with van der Waals surface area (Å²) >= 11 is 0. The minimum Gasteiger partial charge on any atom is -0.347 e. The van der Waals surface area contributed by atoms with Crippen LogP contribution in [0.4, 0.5) is 5.82 Å². The zero-order chi connectivity index (χ0) is 22.1. The second-order valence-corrected chi connectivity index (χ2v) is 8.86. The van der Waals surface area contributed by atoms with Crippen molar-refractivity contribution in [2.45, 2.75) is 57.3 Å². The second-order valence-electron chi connectivity index (χ2n) is 8.86. The molecule has 2 aromatic rings. The first-order chi connectivity index (χ1) is 15.6. The third-order valence-corrected chi connectivity index (χ3v) is 6.84. The van der Waals surface area contributed by atoms with E-state index >= 15 is 0 Å². The summed E-state index contributed by atoms with van der Waals surface area (Å²) in [5.74, 6) is 0.138. The molecule has 8 nitrogen and oxygen atoms in total. The lowest BCUT2D eigenvalue weighted by atomic mass is 10.0. The first kappa shape index (κ1) is 21.2. The summed E-state index contributed by atoms with van der Waals surface area (Å²) in [6, 6.07) is 9.64. The molecule has 1 aromatic heterocycles. The van der Waals surface area contributed by atoms with Crippen molar-refractivity contribution in [3.8, 4) is 0 Å². The number of nitrogens with zero attached hydrogens (tertiary/aromatic N) is 3. The number of likely N-dealkylation sites (tertiary alicyclic amines) is 1. The van der Waals surface area contributed by atoms with Crippen LogP contribution >= 0.6 is 0 Å². The molecule has 0 aliphatic carbocycles. The molecule has 0 radical (unpaired) electrons. The number of nitrogens with one attached hydrogen (secondary N) is 1. The van der Waals surface area contributed by atoms with E-state index in [4.69, 9.17) is 9.47 Å². The number of imidazole rings is 1. The van der Waals surface area contributed by atoms with Gasteiger partial charge in [0.15, 0.2) is 17.3 Å². The molecule has 5 rings (SSSR count). The molecular formula is C24H30N4O4. The minimum absolute atomic E-state index is 0.0823. The van der Waals surface area contributed by atoms with Crippen molar-refractivity contribution in [2.24, 2.45) is 0 Å². The Kier molecular flexibility index (Phi) is 5.73. The van der Waals surface area contributed by atoms with E-state index < -0.39 is 5.79 Å². The van der Waals surface area contributed by atoms with E-state index in [-0.39, 0.29) is 17.7 Å². The Bertz CT molecular complexity index is 987. The maximum atomic E-state index is 13.6. The molecule has 1 atom stereocenters. The van der Waals surface area contributed by atoms with Gasteiger partial charge in [0.25, 0.3) is 5.91 Å². The first-order valence-corrected chi connectivity index (χ1v) is 11.6. The molecule has 2 amide bonds. The van der Waals surface area contributed by atoms with Gasteiger partial charge in [-0.05, 0) is 25.3 Å². The van der Waals surface area contributed by atoms with Gasteiger partial charge >= 0.3 is 0 Å². The summed E-state index contributed by atoms with van der Waals surface area (Å²) in [6.45, 7) is 4.96. The van der Waals surface area contributed by atoms with Gasteiger partial charge in [0.1, 0.15) is 5.82 Å². The lowest BCUT2D eigenvalue weighted by molar-refractivity contribution is -0.181. The van der Waals surface area contributed by atoms with Gasteiger partial charge in [-0.3, -0.25) is 9.59 Å². The smallest absolute Gasteiger partial charge is 0.274 e. The van der Waals surface area contributed by atoms with E-state index in [2.05, 4.69) is 10.3 Å². The average Bonchev–Trinajstić information content (AvgIpc) is 3.43. The Labute approximate surface area is 187 Å². The maximum Gasteiger partial charge on any atom is 0.274 e. The Morgan fingerprint density at radius 3 is 2.50 bits per heavy atom. The third kappa shape index (κ3) is 3.93. The molecule has 0 saturated carbocycles. The van der Waals surface area contributed by atoms with Crippen LogP contribution < -0.4 is 5.32 Å². The molecule has 170 valence electrons. The van der Waals surface area contributed by atoms with Gasteiger partial charge in [0, 0.05) is 38.9 Å². The number of benzene rings is 1. The molecule has 8 heteroatoms. The van der Waals surface area contributed by atoms with E-state index in [0.717, 1.165) is 37.2 Å². The molecule has 3 aliphatic heterocycles. The number of aromatic nitrogens is 2. The Balaban J connectivity index is 1.37. The molecule has 1 N–H and O–H groups in total. The van der Waals surface area contributed by atoms with Crippen LogP contribution in [0.1, 0.15) is 60.4 Å². The summed E-state index contributed by atoms with van der Waals surface area (Å²) in [7, 11) is 0. The van der Waals surface area contributed by atoms with Crippen LogP contribution in [0.15, 0.2) is 30.3 Å². The number of hydrogen-bond donors (Lipinski definition) is 1. The Morgan fingerprint density at radius 1 is 1.06 bits per heavy atom. The van der Waals surface area contributed by atoms with Gasteiger partial charge in [-0.2, -0.15) is 0 Å². The molecule has 3 aliphatic rings. The van der Waals surface area contributed by atoms with Crippen molar-refractivity contribution in [2.75, 3.05) is 31.6 Å². The fraction of sp³-hybridized carbons (Fsp3) is 0.542. The number of ether oxygens (including phenoxy) is 2. The highest BCUT2D eigenvalue weighted by Crippen LogP contribution is 2.33. The number of fused-ring (bicyclic) bond motifs is 1. The van der Waals surface area contributed by atoms with E-state index in [1.807, 2.05) is 46.7 Å². The number of hydrogen-bond acceptors (Lipinski definition) is 5. The average molecular weight is 439 g/mol. The maximum absolute atomic E-state index is 13.6. The predicted molar refractivity (Wildman–Crippen MR) is 118 cm³/mol. The number of piperidine rings is 1. The van der Waals surface area contributed by atoms with Crippen LogP contribution in [0.2, 0.25) is 0 Å². The number of carbonyl (C=O) groups is 2. The van der Waals surface area contributed by atoms with Crippen molar-refractivity contribution in [1.29, 1.82) is 0 Å². The normalized spacial score (nSPS) is 20.7. The zero-order valence-corrected chi connectivity index (χ0v) is 18.5. The second kappa shape index (κ2) is 8.67. The topological polar surface area (TPSA) is 85.7 Å². The van der Waals surface area contributed by atoms with Gasteiger partial charge in [0.05, 0.1) is 19.1 Å². The number of rotatable bonds is 4. The van der Waals surface area contributed by atoms with Crippen molar-refractivity contribution >= 4 is 17.6 Å². The number of amides is 2. The van der Waals surface area contributed by atoms with Gasteiger partial charge in [-0.15, -0.1) is 0 Å². The Hall–Kier alpha value is -2.71. The Morgan fingerprint density at radius 2 is 1.78 bits per heavy atom. The summed E-state index contributed by atoms with van der Waals surface area (Å²) in [4.78, 5) is 33.2. The SMILES string of the molecule is CC(C(=O)Nc1nc2n(c1C(=O)N1CCC3(CC1)OCCO3)CCCC2)c1ccccc1. The minimum atomic E-state index is -0.532. The fourth-order valence-corrected chi connectivity index (χ4v) is 4.89. The van der Waals surface area contributed by atoms with E-state index in [1.165, 1.54) is 0 Å². The molecule has 2 fully saturated rings. The highest BCUT2D eigenvalue weighted by molar-refractivity contribution is 6.03. The predicted octanol–water partition coefficient (Wildman–Crippen LogP) is 2.94. The molecule has 4 heterocycles. The lowest BCUT2D eigenvalue weighted by Gasteiger charge is -2.37. The monoisotopic (exact) mass is 438 g/mol. The van der Waals surface area contributed by atoms with Crippen LogP contribution in [0.5, 0.6) is 0 Å². The lowest BCUT2D eigenvalue weighted by Crippen LogP contribution is -2.47. The summed E-state index contributed by atoms with van der Waals surface area (Å²) in [5, 5.41) is 2.97. The van der Waals surface area contributed by atoms with Crippen LogP contribution in [-0.4, -0.2) is 58.4 Å². The third-order valence-electron chi connectivity index (χ3n) is 6.84. The van der Waals surface area contributed by atoms with E-state index in [9.17, 15) is 9.59 Å². The summed E-state index contributed by atoms with van der Waals surface area (Å²) < 4.78 is 13.6. The fourth-order valence-electron chi connectivity index (χ4n) is 4.89. The van der Waals surface area contributed by atoms with Crippen LogP contribution in [-0.2, 0) is 27.2 Å². The van der Waals surface area contributed by atoms with Crippen molar-refractivity contribution < 1.29 is 19.1 Å². The van der Waals surface area contributed by atoms with Gasteiger partial charge in [-0.25, -0.2) is 4.98 Å². The van der Waals surface area contributed by atoms with Crippen LogP contribution in [0.3, 0.4) is 0 Å². The molecular weight excluding hydrogens is 408 g/mol. The quantitative estimate of drug-likeness (QED) is 0.793. The van der Waals surface area contributed by atoms with Crippen molar-refractivity contribution in [1.82, 2.24) is 14.5 Å². The number of aryl methyl sites for hydroxylation is 1. The number of anilines is 1. The largest absolute Gasteiger partial charge is 0.347 e. The molecule has 1 aromatic carbocycles. The first-order valence-electron chi connectivity index (χ1n) is 11.6. The van der Waals surface area contributed by atoms with Gasteiger partial charge in [-0.1, -0.05) is 30.3 Å². The zero-order valence-electron chi connectivity index (χ0n) is 18.5. The summed E-state index contributed by atoms with van der Waals surface area (Å²) in [6.07, 6.45) is 4.18. The molecule has 1 spiro atoms. The van der Waals surface area contributed by atoms with Crippen LogP contribution in [0.25, 0.3) is 0 Å². The molecule has 32 heavy (non-hydrogen) atoms. The molecule has 0 bridgehead atoms. The highest BCUT2D eigenvalue weighted by atomic mass is 16.7.